The molecule has 0 bridgehead atoms. The fraction of sp³-hybridized carbons (Fsp3) is 0.333. The number of hydrogen-bond donors (Lipinski definition) is 1. The number of rotatable bonds is 6. The Labute approximate surface area is 131 Å². The first-order chi connectivity index (χ1) is 10.6. The van der Waals surface area contributed by atoms with Gasteiger partial charge in [0.05, 0.1) is 0 Å². The van der Waals surface area contributed by atoms with Gasteiger partial charge in [-0.25, -0.2) is 0 Å². The Morgan fingerprint density at radius 2 is 2.09 bits per heavy atom. The van der Waals surface area contributed by atoms with Crippen molar-refractivity contribution in [2.45, 2.75) is 39.8 Å². The average molecular weight is 298 g/mol. The van der Waals surface area contributed by atoms with Crippen molar-refractivity contribution in [3.05, 3.63) is 59.4 Å². The molecule has 1 atom stereocenters. The van der Waals surface area contributed by atoms with Gasteiger partial charge in [0.15, 0.2) is 6.10 Å². The predicted molar refractivity (Wildman–Crippen MR) is 86.7 cm³/mol. The molecule has 0 fully saturated rings. The zero-order chi connectivity index (χ0) is 15.9. The van der Waals surface area contributed by atoms with Crippen molar-refractivity contribution in [1.29, 1.82) is 0 Å². The summed E-state index contributed by atoms with van der Waals surface area (Å²) in [4.78, 5) is 16.3. The minimum absolute atomic E-state index is 0.104. The van der Waals surface area contributed by atoms with E-state index < -0.39 is 6.10 Å². The topological polar surface area (TPSA) is 51.2 Å². The molecule has 116 valence electrons. The highest BCUT2D eigenvalue weighted by Crippen LogP contribution is 2.22. The third kappa shape index (κ3) is 4.07. The lowest BCUT2D eigenvalue weighted by atomic mass is 10.1. The maximum Gasteiger partial charge on any atom is 0.261 e. The van der Waals surface area contributed by atoms with Crippen LogP contribution in [0.4, 0.5) is 0 Å². The van der Waals surface area contributed by atoms with Crippen LogP contribution < -0.4 is 10.1 Å². The Bertz CT molecular complexity index is 626. The van der Waals surface area contributed by atoms with Crippen LogP contribution >= 0.6 is 0 Å². The SMILES string of the molecule is CCC(Oc1cccc(C)c1C)C(=O)NCc1cccnc1. The van der Waals surface area contributed by atoms with Gasteiger partial charge in [-0.15, -0.1) is 0 Å². The van der Waals surface area contributed by atoms with Gasteiger partial charge in [0.2, 0.25) is 0 Å². The lowest BCUT2D eigenvalue weighted by molar-refractivity contribution is -0.128. The van der Waals surface area contributed by atoms with E-state index in [0.717, 1.165) is 22.4 Å². The van der Waals surface area contributed by atoms with E-state index in [-0.39, 0.29) is 5.91 Å². The number of carbonyl (C=O) groups is 1. The van der Waals surface area contributed by atoms with E-state index in [1.54, 1.807) is 12.4 Å². The molecule has 4 nitrogen and oxygen atoms in total. The molecular formula is C18H22N2O2. The highest BCUT2D eigenvalue weighted by molar-refractivity contribution is 5.81. The standard InChI is InChI=1S/C18H22N2O2/c1-4-16(22-17-9-5-7-13(2)14(17)3)18(21)20-12-15-8-6-10-19-11-15/h5-11,16H,4,12H2,1-3H3,(H,20,21). The number of pyridine rings is 1. The number of aryl methyl sites for hydroxylation is 1. The van der Waals surface area contributed by atoms with Gasteiger partial charge in [-0.1, -0.05) is 25.1 Å². The number of aromatic nitrogens is 1. The van der Waals surface area contributed by atoms with Gasteiger partial charge in [-0.2, -0.15) is 0 Å². The summed E-state index contributed by atoms with van der Waals surface area (Å²) in [6.45, 7) is 6.44. The number of amides is 1. The number of benzene rings is 1. The van der Waals surface area contributed by atoms with E-state index in [4.69, 9.17) is 4.74 Å². The van der Waals surface area contributed by atoms with Crippen LogP contribution in [-0.2, 0) is 11.3 Å². The molecule has 0 radical (unpaired) electrons. The highest BCUT2D eigenvalue weighted by atomic mass is 16.5. The van der Waals surface area contributed by atoms with Crippen LogP contribution in [0.2, 0.25) is 0 Å². The quantitative estimate of drug-likeness (QED) is 0.891. The van der Waals surface area contributed by atoms with Crippen LogP contribution in [0.3, 0.4) is 0 Å². The lowest BCUT2D eigenvalue weighted by Crippen LogP contribution is -2.37. The summed E-state index contributed by atoms with van der Waals surface area (Å²) >= 11 is 0. The molecule has 0 aliphatic carbocycles. The molecule has 0 aliphatic rings. The Hall–Kier alpha value is -2.36. The minimum Gasteiger partial charge on any atom is -0.480 e. The van der Waals surface area contributed by atoms with Crippen molar-refractivity contribution >= 4 is 5.91 Å². The fourth-order valence-electron chi connectivity index (χ4n) is 2.13. The van der Waals surface area contributed by atoms with Crippen LogP contribution in [0, 0.1) is 13.8 Å². The van der Waals surface area contributed by atoms with Crippen LogP contribution in [0.15, 0.2) is 42.7 Å². The molecule has 1 aromatic carbocycles. The summed E-state index contributed by atoms with van der Waals surface area (Å²) in [7, 11) is 0. The molecule has 1 aromatic heterocycles. The Balaban J connectivity index is 1.98. The van der Waals surface area contributed by atoms with Crippen LogP contribution in [0.5, 0.6) is 5.75 Å². The normalized spacial score (nSPS) is 11.8. The highest BCUT2D eigenvalue weighted by Gasteiger charge is 2.19. The summed E-state index contributed by atoms with van der Waals surface area (Å²) < 4.78 is 5.90. The van der Waals surface area contributed by atoms with Gasteiger partial charge in [0.1, 0.15) is 5.75 Å². The first kappa shape index (κ1) is 16.0. The number of carbonyl (C=O) groups excluding carboxylic acids is 1. The Morgan fingerprint density at radius 1 is 1.27 bits per heavy atom. The molecule has 4 heteroatoms. The van der Waals surface area contributed by atoms with Gasteiger partial charge in [0, 0.05) is 18.9 Å². The lowest BCUT2D eigenvalue weighted by Gasteiger charge is -2.19. The van der Waals surface area contributed by atoms with E-state index in [2.05, 4.69) is 10.3 Å². The molecule has 0 saturated carbocycles. The van der Waals surface area contributed by atoms with Gasteiger partial charge in [-0.3, -0.25) is 9.78 Å². The van der Waals surface area contributed by atoms with Crippen LogP contribution in [0.25, 0.3) is 0 Å². The van der Waals surface area contributed by atoms with E-state index in [0.29, 0.717) is 13.0 Å². The summed E-state index contributed by atoms with van der Waals surface area (Å²) in [5.74, 6) is 0.663. The number of ether oxygens (including phenoxy) is 1. The second kappa shape index (κ2) is 7.59. The molecule has 1 N–H and O–H groups in total. The third-order valence-electron chi connectivity index (χ3n) is 3.68. The maximum absolute atomic E-state index is 12.3. The second-order valence-electron chi connectivity index (χ2n) is 5.29. The minimum atomic E-state index is -0.489. The van der Waals surface area contributed by atoms with Gasteiger partial charge in [-0.05, 0) is 49.1 Å². The fourth-order valence-corrected chi connectivity index (χ4v) is 2.13. The predicted octanol–water partition coefficient (Wildman–Crippen LogP) is 3.17. The van der Waals surface area contributed by atoms with Crippen molar-refractivity contribution in [3.63, 3.8) is 0 Å². The van der Waals surface area contributed by atoms with Gasteiger partial charge in [0.25, 0.3) is 5.91 Å². The van der Waals surface area contributed by atoms with Crippen molar-refractivity contribution in [2.75, 3.05) is 0 Å². The monoisotopic (exact) mass is 298 g/mol. The van der Waals surface area contributed by atoms with Crippen molar-refractivity contribution in [2.24, 2.45) is 0 Å². The molecular weight excluding hydrogens is 276 g/mol. The van der Waals surface area contributed by atoms with Crippen molar-refractivity contribution < 1.29 is 9.53 Å². The third-order valence-corrected chi connectivity index (χ3v) is 3.68. The smallest absolute Gasteiger partial charge is 0.261 e. The average Bonchev–Trinajstić information content (AvgIpc) is 2.55. The van der Waals surface area contributed by atoms with E-state index in [1.165, 1.54) is 0 Å². The van der Waals surface area contributed by atoms with Crippen molar-refractivity contribution in [3.8, 4) is 5.75 Å². The maximum atomic E-state index is 12.3. The Kier molecular flexibility index (Phi) is 5.53. The molecule has 2 rings (SSSR count). The summed E-state index contributed by atoms with van der Waals surface area (Å²) in [5.41, 5.74) is 3.20. The summed E-state index contributed by atoms with van der Waals surface area (Å²) in [6, 6.07) is 9.66. The van der Waals surface area contributed by atoms with Crippen LogP contribution in [-0.4, -0.2) is 17.0 Å². The first-order valence-corrected chi connectivity index (χ1v) is 7.51. The van der Waals surface area contributed by atoms with Gasteiger partial charge >= 0.3 is 0 Å². The summed E-state index contributed by atoms with van der Waals surface area (Å²) in [5, 5.41) is 2.90. The second-order valence-corrected chi connectivity index (χ2v) is 5.29. The summed E-state index contributed by atoms with van der Waals surface area (Å²) in [6.07, 6.45) is 3.58. The molecule has 0 spiro atoms. The largest absolute Gasteiger partial charge is 0.480 e. The number of nitrogens with one attached hydrogen (secondary N) is 1. The molecule has 0 aliphatic heterocycles. The Morgan fingerprint density at radius 3 is 2.77 bits per heavy atom. The molecule has 1 amide bonds. The van der Waals surface area contributed by atoms with Crippen molar-refractivity contribution in [1.82, 2.24) is 10.3 Å². The van der Waals surface area contributed by atoms with E-state index in [9.17, 15) is 4.79 Å². The van der Waals surface area contributed by atoms with Crippen LogP contribution in [0.1, 0.15) is 30.0 Å². The zero-order valence-electron chi connectivity index (χ0n) is 13.3. The molecule has 0 saturated heterocycles. The van der Waals surface area contributed by atoms with Gasteiger partial charge < -0.3 is 10.1 Å². The molecule has 1 heterocycles. The van der Waals surface area contributed by atoms with E-state index >= 15 is 0 Å². The van der Waals surface area contributed by atoms with E-state index in [1.807, 2.05) is 51.1 Å². The molecule has 22 heavy (non-hydrogen) atoms. The zero-order valence-corrected chi connectivity index (χ0v) is 13.3. The molecule has 1 unspecified atom stereocenters. The first-order valence-electron chi connectivity index (χ1n) is 7.51. The number of hydrogen-bond acceptors (Lipinski definition) is 3. The molecule has 2 aromatic rings. The number of nitrogens with zero attached hydrogens (tertiary/aromatic N) is 1.